The number of hydrogen-bond acceptors (Lipinski definition) is 13. The number of carbonyl (C=O) groups is 4. The standard InChI is InChI=1S/C46H54ClN9O8/c1-26(2)56-35-6-5-28(17-27(35)18-38(44(56)61)63-23-40(58)48-3)50-41-34(47)21-49-45(52-41)53-15-11-30(12-16-53)64-29-9-13-46(14-10-29)24-54(25-46)37-20-31(62-4)19-32-33(37)22-55(43(32)60)36-7-8-39(57)51-42(36)59/h5-6,17-21,26,29-30,36H,7-16,22-25H2,1-4H3,(H,48,58)(H,49,50,52)(H,51,57,59)/t36-/m1/s1. The van der Waals surface area contributed by atoms with E-state index in [-0.39, 0.29) is 65.7 Å². The molecule has 0 radical (unpaired) electrons. The molecular weight excluding hydrogens is 842 g/mol. The second-order valence-electron chi connectivity index (χ2n) is 18.0. The fourth-order valence-corrected chi connectivity index (χ4v) is 10.2. The molecule has 338 valence electrons. The van der Waals surface area contributed by atoms with E-state index in [2.05, 4.69) is 30.7 Å². The first-order valence-electron chi connectivity index (χ1n) is 22.1. The predicted molar refractivity (Wildman–Crippen MR) is 241 cm³/mol. The van der Waals surface area contributed by atoms with Crippen LogP contribution in [0.25, 0.3) is 10.9 Å². The average molecular weight is 896 g/mol. The van der Waals surface area contributed by atoms with Crippen molar-refractivity contribution in [2.24, 2.45) is 5.41 Å². The highest BCUT2D eigenvalue weighted by Gasteiger charge is 2.48. The van der Waals surface area contributed by atoms with Crippen molar-refractivity contribution in [2.45, 2.75) is 96.1 Å². The molecule has 64 heavy (non-hydrogen) atoms. The molecule has 4 aromatic rings. The summed E-state index contributed by atoms with van der Waals surface area (Å²) in [5.74, 6) is 0.486. The summed E-state index contributed by atoms with van der Waals surface area (Å²) in [7, 11) is 3.11. The van der Waals surface area contributed by atoms with Crippen LogP contribution in [0.15, 0.2) is 47.4 Å². The van der Waals surface area contributed by atoms with E-state index in [1.54, 1.807) is 34.9 Å². The first kappa shape index (κ1) is 43.3. The van der Waals surface area contributed by atoms with E-state index in [0.717, 1.165) is 86.9 Å². The van der Waals surface area contributed by atoms with Crippen molar-refractivity contribution in [3.8, 4) is 11.5 Å². The van der Waals surface area contributed by atoms with Crippen LogP contribution in [0.4, 0.5) is 23.1 Å². The lowest BCUT2D eigenvalue weighted by atomic mass is 9.67. The number of methoxy groups -OCH3 is 1. The summed E-state index contributed by atoms with van der Waals surface area (Å²) in [6, 6.07) is 10.2. The third kappa shape index (κ3) is 8.42. The molecule has 1 atom stereocenters. The molecule has 4 fully saturated rings. The molecule has 6 heterocycles. The van der Waals surface area contributed by atoms with Gasteiger partial charge in [0.2, 0.25) is 17.8 Å². The molecule has 2 aromatic carbocycles. The van der Waals surface area contributed by atoms with Gasteiger partial charge in [0.25, 0.3) is 17.4 Å². The van der Waals surface area contributed by atoms with Gasteiger partial charge in [0.05, 0.1) is 36.6 Å². The summed E-state index contributed by atoms with van der Waals surface area (Å²) in [4.78, 5) is 78.7. The molecule has 17 nitrogen and oxygen atoms in total. The summed E-state index contributed by atoms with van der Waals surface area (Å²) in [5, 5.41) is 9.35. The maximum absolute atomic E-state index is 13.6. The molecule has 18 heteroatoms. The van der Waals surface area contributed by atoms with E-state index in [0.29, 0.717) is 46.8 Å². The Balaban J connectivity index is 0.782. The fraction of sp³-hybridized carbons (Fsp3) is 0.500. The second kappa shape index (κ2) is 17.6. The first-order chi connectivity index (χ1) is 30.8. The van der Waals surface area contributed by atoms with E-state index in [9.17, 15) is 24.0 Å². The number of likely N-dealkylation sites (N-methyl/N-ethyl adjacent to an activating group) is 1. The molecule has 5 aliphatic rings. The quantitative estimate of drug-likeness (QED) is 0.160. The van der Waals surface area contributed by atoms with Gasteiger partial charge in [-0.05, 0) is 89.1 Å². The molecule has 4 amide bonds. The van der Waals surface area contributed by atoms with Gasteiger partial charge in [-0.3, -0.25) is 29.3 Å². The van der Waals surface area contributed by atoms with Crippen LogP contribution in [-0.2, 0) is 25.7 Å². The minimum Gasteiger partial charge on any atom is -0.497 e. The van der Waals surface area contributed by atoms with Crippen LogP contribution in [0.3, 0.4) is 0 Å². The van der Waals surface area contributed by atoms with E-state index >= 15 is 0 Å². The van der Waals surface area contributed by atoms with Crippen LogP contribution in [-0.4, -0.2) is 108 Å². The number of amides is 4. The highest BCUT2D eigenvalue weighted by Crippen LogP contribution is 2.49. The Hall–Kier alpha value is -5.94. The topological polar surface area (TPSA) is 190 Å². The van der Waals surface area contributed by atoms with Crippen LogP contribution in [0, 0.1) is 5.41 Å². The molecule has 0 bridgehead atoms. The zero-order valence-corrected chi connectivity index (χ0v) is 37.3. The number of nitrogens with zero attached hydrogens (tertiary/aromatic N) is 6. The number of hydrogen-bond donors (Lipinski definition) is 3. The van der Waals surface area contributed by atoms with Crippen molar-refractivity contribution in [1.82, 2.24) is 30.1 Å². The number of imide groups is 1. The Morgan fingerprint density at radius 3 is 2.44 bits per heavy atom. The number of rotatable bonds is 12. The number of fused-ring (bicyclic) bond motifs is 2. The van der Waals surface area contributed by atoms with Crippen molar-refractivity contribution in [3.63, 3.8) is 0 Å². The van der Waals surface area contributed by atoms with Crippen LogP contribution in [0.1, 0.15) is 87.2 Å². The number of ether oxygens (including phenoxy) is 3. The Kier molecular flexibility index (Phi) is 11.9. The summed E-state index contributed by atoms with van der Waals surface area (Å²) in [5.41, 5.74) is 3.78. The molecule has 9 rings (SSSR count). The highest BCUT2D eigenvalue weighted by molar-refractivity contribution is 6.33. The molecular formula is C46H54ClN9O8. The van der Waals surface area contributed by atoms with Crippen LogP contribution in [0.5, 0.6) is 11.5 Å². The van der Waals surface area contributed by atoms with Gasteiger partial charge in [-0.25, -0.2) is 4.98 Å². The van der Waals surface area contributed by atoms with Crippen LogP contribution >= 0.6 is 11.6 Å². The van der Waals surface area contributed by atoms with Gasteiger partial charge in [0, 0.05) is 86.0 Å². The van der Waals surface area contributed by atoms with Gasteiger partial charge in [0.15, 0.2) is 18.2 Å². The number of anilines is 4. The largest absolute Gasteiger partial charge is 0.497 e. The van der Waals surface area contributed by atoms with E-state index in [4.69, 9.17) is 30.8 Å². The molecule has 1 aliphatic carbocycles. The van der Waals surface area contributed by atoms with Crippen molar-refractivity contribution >= 4 is 69.3 Å². The second-order valence-corrected chi connectivity index (χ2v) is 18.4. The van der Waals surface area contributed by atoms with E-state index < -0.39 is 11.9 Å². The van der Waals surface area contributed by atoms with Gasteiger partial charge in [0.1, 0.15) is 16.8 Å². The summed E-state index contributed by atoms with van der Waals surface area (Å²) in [6.07, 6.45) is 8.33. The van der Waals surface area contributed by atoms with Gasteiger partial charge >= 0.3 is 0 Å². The van der Waals surface area contributed by atoms with Gasteiger partial charge < -0.3 is 44.1 Å². The average Bonchev–Trinajstić information content (AvgIpc) is 3.60. The molecule has 0 unspecified atom stereocenters. The maximum atomic E-state index is 13.6. The van der Waals surface area contributed by atoms with Crippen molar-refractivity contribution in [2.75, 3.05) is 62.1 Å². The summed E-state index contributed by atoms with van der Waals surface area (Å²) >= 11 is 6.61. The molecule has 1 spiro atoms. The lowest BCUT2D eigenvalue weighted by molar-refractivity contribution is -0.137. The number of piperidine rings is 2. The minimum absolute atomic E-state index is 0.0892. The van der Waals surface area contributed by atoms with Gasteiger partial charge in [-0.1, -0.05) is 11.6 Å². The van der Waals surface area contributed by atoms with Crippen molar-refractivity contribution in [3.05, 3.63) is 69.1 Å². The molecule has 3 N–H and O–H groups in total. The van der Waals surface area contributed by atoms with Crippen LogP contribution in [0.2, 0.25) is 5.02 Å². The monoisotopic (exact) mass is 895 g/mol. The van der Waals surface area contributed by atoms with Gasteiger partial charge in [-0.2, -0.15) is 4.98 Å². The smallest absolute Gasteiger partial charge is 0.293 e. The number of benzene rings is 2. The van der Waals surface area contributed by atoms with E-state index in [1.807, 2.05) is 38.1 Å². The molecule has 2 aromatic heterocycles. The fourth-order valence-electron chi connectivity index (χ4n) is 10.0. The van der Waals surface area contributed by atoms with Crippen molar-refractivity contribution < 1.29 is 33.4 Å². The Morgan fingerprint density at radius 1 is 0.984 bits per heavy atom. The van der Waals surface area contributed by atoms with E-state index in [1.165, 1.54) is 7.05 Å². The van der Waals surface area contributed by atoms with Crippen LogP contribution < -0.4 is 40.8 Å². The third-order valence-corrected chi connectivity index (χ3v) is 13.8. The molecule has 1 saturated carbocycles. The number of carbonyl (C=O) groups excluding carboxylic acids is 4. The Bertz CT molecular complexity index is 2560. The summed E-state index contributed by atoms with van der Waals surface area (Å²) in [6.45, 7) is 7.17. The number of pyridine rings is 1. The predicted octanol–water partition coefficient (Wildman–Crippen LogP) is 5.10. The number of aromatic nitrogens is 3. The lowest BCUT2D eigenvalue weighted by Gasteiger charge is -2.55. The summed E-state index contributed by atoms with van der Waals surface area (Å²) < 4.78 is 19.6. The van der Waals surface area contributed by atoms with Crippen molar-refractivity contribution in [1.29, 1.82) is 0 Å². The SMILES string of the molecule is CNC(=O)COc1cc2cc(Nc3nc(N4CCC(OC5CCC6(CC5)CN(c5cc(OC)cc7c5CN([C@@H]5CCC(=O)NC5=O)C7=O)C6)CC4)ncc3Cl)ccc2n(C(C)C)c1=O. The molecule has 3 saturated heterocycles. The minimum atomic E-state index is -0.666. The lowest BCUT2D eigenvalue weighted by Crippen LogP contribution is -2.58. The third-order valence-electron chi connectivity index (χ3n) is 13.5. The van der Waals surface area contributed by atoms with Gasteiger partial charge in [-0.15, -0.1) is 0 Å². The Morgan fingerprint density at radius 2 is 1.73 bits per heavy atom. The zero-order valence-electron chi connectivity index (χ0n) is 36.6. The highest BCUT2D eigenvalue weighted by atomic mass is 35.5. The number of halogens is 1. The maximum Gasteiger partial charge on any atom is 0.293 e. The first-order valence-corrected chi connectivity index (χ1v) is 22.5. The Labute approximate surface area is 375 Å². The normalized spacial score (nSPS) is 20.1. The zero-order chi connectivity index (χ0) is 44.9. The number of nitrogens with one attached hydrogen (secondary N) is 3. The molecule has 4 aliphatic heterocycles.